The summed E-state index contributed by atoms with van der Waals surface area (Å²) in [5.41, 5.74) is 0.547. The van der Waals surface area contributed by atoms with Gasteiger partial charge in [0.2, 0.25) is 11.8 Å². The fourth-order valence-electron chi connectivity index (χ4n) is 4.58. The lowest BCUT2D eigenvalue weighted by molar-refractivity contribution is -0.137. The van der Waals surface area contributed by atoms with Gasteiger partial charge in [-0.3, -0.25) is 14.4 Å². The Labute approximate surface area is 186 Å². The molecule has 2 aliphatic rings. The summed E-state index contributed by atoms with van der Waals surface area (Å²) in [6.07, 6.45) is 5.75. The summed E-state index contributed by atoms with van der Waals surface area (Å²) in [6.45, 7) is 7.43. The van der Waals surface area contributed by atoms with Gasteiger partial charge in [-0.25, -0.2) is 0 Å². The highest BCUT2D eigenvalue weighted by Gasteiger charge is 2.36. The first-order chi connectivity index (χ1) is 14.9. The maximum absolute atomic E-state index is 13.1. The fraction of sp³-hybridized carbons (Fsp3) is 0.640. The van der Waals surface area contributed by atoms with E-state index in [0.29, 0.717) is 24.6 Å². The van der Waals surface area contributed by atoms with Crippen LogP contribution >= 0.6 is 0 Å². The van der Waals surface area contributed by atoms with Gasteiger partial charge in [0, 0.05) is 30.6 Å². The van der Waals surface area contributed by atoms with E-state index in [1.165, 1.54) is 0 Å². The largest absolute Gasteiger partial charge is 0.352 e. The van der Waals surface area contributed by atoms with E-state index in [1.807, 2.05) is 30.0 Å². The van der Waals surface area contributed by atoms with Crippen molar-refractivity contribution in [3.8, 4) is 0 Å². The molecule has 1 saturated heterocycles. The van der Waals surface area contributed by atoms with Crippen LogP contribution < -0.4 is 10.6 Å². The Morgan fingerprint density at radius 3 is 2.10 bits per heavy atom. The predicted molar refractivity (Wildman–Crippen MR) is 121 cm³/mol. The molecule has 170 valence electrons. The molecule has 1 aromatic carbocycles. The monoisotopic (exact) mass is 427 g/mol. The van der Waals surface area contributed by atoms with E-state index >= 15 is 0 Å². The number of carbonyl (C=O) groups is 3. The highest BCUT2D eigenvalue weighted by molar-refractivity contribution is 5.97. The fourth-order valence-corrected chi connectivity index (χ4v) is 4.58. The highest BCUT2D eigenvalue weighted by Crippen LogP contribution is 2.29. The van der Waals surface area contributed by atoms with Gasteiger partial charge >= 0.3 is 0 Å². The second-order valence-electron chi connectivity index (χ2n) is 9.50. The Hall–Kier alpha value is -2.37. The summed E-state index contributed by atoms with van der Waals surface area (Å²) in [6, 6.07) is 8.43. The molecule has 1 aromatic rings. The van der Waals surface area contributed by atoms with Crippen LogP contribution in [0.4, 0.5) is 0 Å². The number of benzene rings is 1. The van der Waals surface area contributed by atoms with E-state index in [9.17, 15) is 14.4 Å². The second kappa shape index (κ2) is 10.8. The van der Waals surface area contributed by atoms with Crippen LogP contribution in [-0.2, 0) is 9.59 Å². The zero-order chi connectivity index (χ0) is 22.4. The minimum Gasteiger partial charge on any atom is -0.352 e. The first kappa shape index (κ1) is 23.3. The summed E-state index contributed by atoms with van der Waals surface area (Å²) in [4.78, 5) is 40.7. The Morgan fingerprint density at radius 2 is 1.52 bits per heavy atom. The molecule has 0 spiro atoms. The van der Waals surface area contributed by atoms with Crippen LogP contribution in [0.5, 0.6) is 0 Å². The first-order valence-corrected chi connectivity index (χ1v) is 11.8. The third-order valence-corrected chi connectivity index (χ3v) is 7.00. The van der Waals surface area contributed by atoms with Crippen molar-refractivity contribution in [1.82, 2.24) is 15.5 Å². The van der Waals surface area contributed by atoms with Gasteiger partial charge in [-0.1, -0.05) is 44.9 Å². The SMILES string of the molecule is CC(C)[C@@H](C)NC(=O)[C@@H](NC(=O)c1ccccc1)C1CCN(C(=O)C2CCCC2)CC1. The van der Waals surface area contributed by atoms with Gasteiger partial charge in [-0.2, -0.15) is 0 Å². The molecule has 2 atom stereocenters. The Bertz CT molecular complexity index is 751. The van der Waals surface area contributed by atoms with Gasteiger partial charge in [-0.05, 0) is 56.6 Å². The van der Waals surface area contributed by atoms with E-state index in [-0.39, 0.29) is 35.6 Å². The Balaban J connectivity index is 1.66. The summed E-state index contributed by atoms with van der Waals surface area (Å²) in [5.74, 6) is 0.410. The molecule has 0 radical (unpaired) electrons. The van der Waals surface area contributed by atoms with E-state index in [0.717, 1.165) is 38.5 Å². The summed E-state index contributed by atoms with van der Waals surface area (Å²) < 4.78 is 0. The van der Waals surface area contributed by atoms with Gasteiger partial charge in [0.1, 0.15) is 6.04 Å². The number of likely N-dealkylation sites (tertiary alicyclic amines) is 1. The molecule has 0 aromatic heterocycles. The van der Waals surface area contributed by atoms with Crippen molar-refractivity contribution < 1.29 is 14.4 Å². The average Bonchev–Trinajstić information content (AvgIpc) is 3.32. The first-order valence-electron chi connectivity index (χ1n) is 11.8. The Morgan fingerprint density at radius 1 is 0.903 bits per heavy atom. The maximum Gasteiger partial charge on any atom is 0.251 e. The smallest absolute Gasteiger partial charge is 0.251 e. The van der Waals surface area contributed by atoms with E-state index in [4.69, 9.17) is 0 Å². The van der Waals surface area contributed by atoms with Crippen LogP contribution in [-0.4, -0.2) is 47.8 Å². The zero-order valence-corrected chi connectivity index (χ0v) is 19.1. The minimum absolute atomic E-state index is 0.0136. The predicted octanol–water partition coefficient (Wildman–Crippen LogP) is 3.37. The molecular formula is C25H37N3O3. The van der Waals surface area contributed by atoms with E-state index in [2.05, 4.69) is 24.5 Å². The molecule has 1 aliphatic carbocycles. The lowest BCUT2D eigenvalue weighted by Gasteiger charge is -2.37. The number of nitrogens with one attached hydrogen (secondary N) is 2. The quantitative estimate of drug-likeness (QED) is 0.700. The van der Waals surface area contributed by atoms with Crippen LogP contribution in [0, 0.1) is 17.8 Å². The van der Waals surface area contributed by atoms with Crippen molar-refractivity contribution in [2.75, 3.05) is 13.1 Å². The third kappa shape index (κ3) is 6.08. The van der Waals surface area contributed by atoms with Crippen molar-refractivity contribution in [1.29, 1.82) is 0 Å². The van der Waals surface area contributed by atoms with Crippen LogP contribution in [0.25, 0.3) is 0 Å². The van der Waals surface area contributed by atoms with Crippen LogP contribution in [0.3, 0.4) is 0 Å². The molecule has 6 nitrogen and oxygen atoms in total. The minimum atomic E-state index is -0.599. The number of hydrogen-bond acceptors (Lipinski definition) is 3. The standard InChI is InChI=1S/C25H37N3O3/c1-17(2)18(3)26-24(30)22(27-23(29)20-9-5-4-6-10-20)19-13-15-28(16-14-19)25(31)21-11-7-8-12-21/h4-6,9-10,17-19,21-22H,7-8,11-16H2,1-3H3,(H,26,30)(H,27,29)/t18-,22+/m1/s1. The molecule has 1 heterocycles. The topological polar surface area (TPSA) is 78.5 Å². The zero-order valence-electron chi connectivity index (χ0n) is 19.1. The number of carbonyl (C=O) groups excluding carboxylic acids is 3. The lowest BCUT2D eigenvalue weighted by Crippen LogP contribution is -2.55. The number of hydrogen-bond donors (Lipinski definition) is 2. The molecule has 1 aliphatic heterocycles. The molecule has 6 heteroatoms. The number of piperidine rings is 1. The van der Waals surface area contributed by atoms with Gasteiger partial charge in [0.05, 0.1) is 0 Å². The molecular weight excluding hydrogens is 390 g/mol. The number of amides is 3. The van der Waals surface area contributed by atoms with Gasteiger partial charge in [0.15, 0.2) is 0 Å². The van der Waals surface area contributed by atoms with Gasteiger partial charge in [0.25, 0.3) is 5.91 Å². The summed E-state index contributed by atoms with van der Waals surface area (Å²) in [7, 11) is 0. The second-order valence-corrected chi connectivity index (χ2v) is 9.50. The van der Waals surface area contributed by atoms with E-state index < -0.39 is 6.04 Å². The van der Waals surface area contributed by atoms with Crippen LogP contribution in [0.15, 0.2) is 30.3 Å². The van der Waals surface area contributed by atoms with Crippen molar-refractivity contribution in [3.63, 3.8) is 0 Å². The molecule has 0 bridgehead atoms. The van der Waals surface area contributed by atoms with Gasteiger partial charge < -0.3 is 15.5 Å². The average molecular weight is 428 g/mol. The van der Waals surface area contributed by atoms with Crippen LogP contribution in [0.2, 0.25) is 0 Å². The van der Waals surface area contributed by atoms with Gasteiger partial charge in [-0.15, -0.1) is 0 Å². The van der Waals surface area contributed by atoms with Crippen molar-refractivity contribution >= 4 is 17.7 Å². The van der Waals surface area contributed by atoms with Crippen molar-refractivity contribution in [2.24, 2.45) is 17.8 Å². The summed E-state index contributed by atoms with van der Waals surface area (Å²) >= 11 is 0. The maximum atomic E-state index is 13.1. The normalized spacial score (nSPS) is 19.8. The molecule has 3 amide bonds. The van der Waals surface area contributed by atoms with Crippen LogP contribution in [0.1, 0.15) is 69.7 Å². The van der Waals surface area contributed by atoms with Crippen molar-refractivity contribution in [2.45, 2.75) is 71.4 Å². The lowest BCUT2D eigenvalue weighted by atomic mass is 9.87. The third-order valence-electron chi connectivity index (χ3n) is 7.00. The van der Waals surface area contributed by atoms with E-state index in [1.54, 1.807) is 12.1 Å². The molecule has 2 N–H and O–H groups in total. The molecule has 2 fully saturated rings. The molecule has 1 saturated carbocycles. The molecule has 3 rings (SSSR count). The Kier molecular flexibility index (Phi) is 8.10. The molecule has 0 unspecified atom stereocenters. The summed E-state index contributed by atoms with van der Waals surface area (Å²) in [5, 5.41) is 6.07. The highest BCUT2D eigenvalue weighted by atomic mass is 16.2. The van der Waals surface area contributed by atoms with Crippen molar-refractivity contribution in [3.05, 3.63) is 35.9 Å². The number of rotatable bonds is 7. The molecule has 31 heavy (non-hydrogen) atoms. The number of nitrogens with zero attached hydrogens (tertiary/aromatic N) is 1.